The van der Waals surface area contributed by atoms with Gasteiger partial charge in [0, 0.05) is 25.8 Å². The first-order valence-electron chi connectivity index (χ1n) is 8.86. The highest BCUT2D eigenvalue weighted by Crippen LogP contribution is 2.22. The monoisotopic (exact) mass is 347 g/mol. The molecule has 0 spiro atoms. The molecule has 0 aromatic carbocycles. The van der Waals surface area contributed by atoms with Crippen LogP contribution in [0.3, 0.4) is 0 Å². The van der Waals surface area contributed by atoms with Gasteiger partial charge in [-0.05, 0) is 45.2 Å². The summed E-state index contributed by atoms with van der Waals surface area (Å²) < 4.78 is 5.73. The molecule has 1 aromatic heterocycles. The van der Waals surface area contributed by atoms with Gasteiger partial charge in [-0.15, -0.1) is 0 Å². The van der Waals surface area contributed by atoms with E-state index in [0.29, 0.717) is 18.5 Å². The highest BCUT2D eigenvalue weighted by atomic mass is 16.5. The molecule has 7 nitrogen and oxygen atoms in total. The minimum absolute atomic E-state index is 0.136. The second-order valence-corrected chi connectivity index (χ2v) is 6.92. The number of nitrogens with zero attached hydrogens (tertiary/aromatic N) is 3. The van der Waals surface area contributed by atoms with E-state index in [1.54, 1.807) is 12.3 Å². The molecule has 2 fully saturated rings. The van der Waals surface area contributed by atoms with Crippen LogP contribution in [0.15, 0.2) is 18.3 Å². The smallest absolute Gasteiger partial charge is 0.326 e. The Morgan fingerprint density at radius 2 is 1.92 bits per heavy atom. The molecule has 0 aliphatic carbocycles. The number of carboxylic acids is 1. The van der Waals surface area contributed by atoms with Crippen LogP contribution in [0.5, 0.6) is 0 Å². The van der Waals surface area contributed by atoms with Gasteiger partial charge in [-0.1, -0.05) is 0 Å². The number of carboxylic acid groups (broad SMARTS) is 1. The first-order chi connectivity index (χ1) is 12.0. The van der Waals surface area contributed by atoms with Gasteiger partial charge in [0.15, 0.2) is 0 Å². The van der Waals surface area contributed by atoms with Gasteiger partial charge in [-0.3, -0.25) is 4.79 Å². The summed E-state index contributed by atoms with van der Waals surface area (Å²) in [7, 11) is 0. The topological polar surface area (TPSA) is 83.0 Å². The van der Waals surface area contributed by atoms with Crippen LogP contribution in [0.25, 0.3) is 0 Å². The van der Waals surface area contributed by atoms with Crippen LogP contribution in [-0.2, 0) is 9.53 Å². The summed E-state index contributed by atoms with van der Waals surface area (Å²) in [6.07, 6.45) is 4.01. The maximum Gasteiger partial charge on any atom is 0.326 e. The summed E-state index contributed by atoms with van der Waals surface area (Å²) in [6.45, 7) is 6.07. The average molecular weight is 347 g/mol. The molecule has 1 amide bonds. The Hall–Kier alpha value is -2.15. The first kappa shape index (κ1) is 17.7. The standard InChI is InChI=1S/C18H25N3O4/c1-12-10-20(11-13(2)25-12)16-7-6-14(9-19-16)17(22)21-8-4-3-5-15(21)18(23)24/h6-7,9,12-13,15H,3-5,8,10-11H2,1-2H3,(H,23,24). The van der Waals surface area contributed by atoms with E-state index in [1.165, 1.54) is 4.90 Å². The maximum absolute atomic E-state index is 12.7. The lowest BCUT2D eigenvalue weighted by molar-refractivity contribution is -0.143. The zero-order chi connectivity index (χ0) is 18.0. The SMILES string of the molecule is CC1CN(c2ccc(C(=O)N3CCCCC3C(=O)O)cn2)CC(C)O1. The van der Waals surface area contributed by atoms with Crippen molar-refractivity contribution in [3.05, 3.63) is 23.9 Å². The number of pyridine rings is 1. The van der Waals surface area contributed by atoms with Crippen molar-refractivity contribution in [3.63, 3.8) is 0 Å². The number of rotatable bonds is 3. The predicted octanol–water partition coefficient (Wildman–Crippen LogP) is 1.77. The maximum atomic E-state index is 12.7. The Morgan fingerprint density at radius 1 is 1.20 bits per heavy atom. The van der Waals surface area contributed by atoms with Crippen molar-refractivity contribution >= 4 is 17.7 Å². The summed E-state index contributed by atoms with van der Waals surface area (Å²) >= 11 is 0. The van der Waals surface area contributed by atoms with Crippen molar-refractivity contribution < 1.29 is 19.4 Å². The molecule has 2 saturated heterocycles. The van der Waals surface area contributed by atoms with Gasteiger partial charge in [0.1, 0.15) is 11.9 Å². The minimum Gasteiger partial charge on any atom is -0.480 e. The molecule has 136 valence electrons. The molecule has 3 atom stereocenters. The Balaban J connectivity index is 1.73. The molecule has 0 saturated carbocycles. The second-order valence-electron chi connectivity index (χ2n) is 6.92. The zero-order valence-electron chi connectivity index (χ0n) is 14.7. The fraction of sp³-hybridized carbons (Fsp3) is 0.611. The van der Waals surface area contributed by atoms with E-state index >= 15 is 0 Å². The van der Waals surface area contributed by atoms with E-state index in [2.05, 4.69) is 9.88 Å². The van der Waals surface area contributed by atoms with Crippen LogP contribution in [-0.4, -0.2) is 64.8 Å². The van der Waals surface area contributed by atoms with Crippen molar-refractivity contribution in [2.24, 2.45) is 0 Å². The molecule has 0 radical (unpaired) electrons. The number of hydrogen-bond acceptors (Lipinski definition) is 5. The third-order valence-electron chi connectivity index (χ3n) is 4.79. The van der Waals surface area contributed by atoms with Gasteiger partial charge < -0.3 is 19.6 Å². The summed E-state index contributed by atoms with van der Waals surface area (Å²) in [5, 5.41) is 9.34. The lowest BCUT2D eigenvalue weighted by Gasteiger charge is -2.36. The van der Waals surface area contributed by atoms with Gasteiger partial charge in [-0.2, -0.15) is 0 Å². The lowest BCUT2D eigenvalue weighted by atomic mass is 10.0. The third-order valence-corrected chi connectivity index (χ3v) is 4.79. The molecule has 2 aliphatic heterocycles. The first-order valence-corrected chi connectivity index (χ1v) is 8.86. The average Bonchev–Trinajstić information content (AvgIpc) is 2.60. The van der Waals surface area contributed by atoms with E-state index in [0.717, 1.165) is 31.7 Å². The number of aromatic nitrogens is 1. The molecular formula is C18H25N3O4. The predicted molar refractivity (Wildman–Crippen MR) is 92.8 cm³/mol. The number of amides is 1. The second kappa shape index (κ2) is 7.39. The van der Waals surface area contributed by atoms with Crippen LogP contribution in [0.1, 0.15) is 43.5 Å². The van der Waals surface area contributed by atoms with Crippen LogP contribution >= 0.6 is 0 Å². The number of carbonyl (C=O) groups is 2. The number of morpholine rings is 1. The van der Waals surface area contributed by atoms with Crippen LogP contribution < -0.4 is 4.90 Å². The highest BCUT2D eigenvalue weighted by Gasteiger charge is 2.32. The molecule has 3 heterocycles. The third kappa shape index (κ3) is 3.92. The number of ether oxygens (including phenoxy) is 1. The summed E-state index contributed by atoms with van der Waals surface area (Å²) in [6, 6.07) is 2.84. The van der Waals surface area contributed by atoms with Gasteiger partial charge in [0.2, 0.25) is 0 Å². The summed E-state index contributed by atoms with van der Waals surface area (Å²) in [5.74, 6) is -0.379. The number of likely N-dealkylation sites (tertiary alicyclic amines) is 1. The molecule has 1 N–H and O–H groups in total. The highest BCUT2D eigenvalue weighted by molar-refractivity contribution is 5.96. The zero-order valence-corrected chi connectivity index (χ0v) is 14.7. The number of anilines is 1. The summed E-state index contributed by atoms with van der Waals surface area (Å²) in [5.41, 5.74) is 0.436. The fourth-order valence-electron chi connectivity index (χ4n) is 3.66. The van der Waals surface area contributed by atoms with Gasteiger partial charge in [0.05, 0.1) is 17.8 Å². The molecule has 3 rings (SSSR count). The number of aliphatic carboxylic acids is 1. The Bertz CT molecular complexity index is 624. The van der Waals surface area contributed by atoms with Crippen molar-refractivity contribution in [2.75, 3.05) is 24.5 Å². The van der Waals surface area contributed by atoms with Crippen molar-refractivity contribution in [1.29, 1.82) is 0 Å². The van der Waals surface area contributed by atoms with Crippen molar-refractivity contribution in [2.45, 2.75) is 51.4 Å². The minimum atomic E-state index is -0.936. The van der Waals surface area contributed by atoms with Crippen LogP contribution in [0.2, 0.25) is 0 Å². The molecular weight excluding hydrogens is 322 g/mol. The molecule has 7 heteroatoms. The van der Waals surface area contributed by atoms with Crippen LogP contribution in [0, 0.1) is 0 Å². The molecule has 25 heavy (non-hydrogen) atoms. The summed E-state index contributed by atoms with van der Waals surface area (Å²) in [4.78, 5) is 32.1. The van der Waals surface area contributed by atoms with Gasteiger partial charge in [-0.25, -0.2) is 9.78 Å². The molecule has 1 aromatic rings. The van der Waals surface area contributed by atoms with E-state index in [4.69, 9.17) is 4.74 Å². The number of carbonyl (C=O) groups excluding carboxylic acids is 1. The Morgan fingerprint density at radius 3 is 2.52 bits per heavy atom. The fourth-order valence-corrected chi connectivity index (χ4v) is 3.66. The Kier molecular flexibility index (Phi) is 5.22. The normalized spacial score (nSPS) is 27.2. The quantitative estimate of drug-likeness (QED) is 0.897. The largest absolute Gasteiger partial charge is 0.480 e. The van der Waals surface area contributed by atoms with E-state index < -0.39 is 12.0 Å². The van der Waals surface area contributed by atoms with Gasteiger partial charge >= 0.3 is 5.97 Å². The molecule has 2 aliphatic rings. The van der Waals surface area contributed by atoms with E-state index in [9.17, 15) is 14.7 Å². The van der Waals surface area contributed by atoms with Gasteiger partial charge in [0.25, 0.3) is 5.91 Å². The van der Waals surface area contributed by atoms with Crippen molar-refractivity contribution in [3.8, 4) is 0 Å². The Labute approximate surface area is 147 Å². The molecule has 3 unspecified atom stereocenters. The van der Waals surface area contributed by atoms with E-state index in [1.807, 2.05) is 19.9 Å². The van der Waals surface area contributed by atoms with E-state index in [-0.39, 0.29) is 18.1 Å². The van der Waals surface area contributed by atoms with Crippen molar-refractivity contribution in [1.82, 2.24) is 9.88 Å². The number of hydrogen-bond donors (Lipinski definition) is 1. The van der Waals surface area contributed by atoms with Crippen LogP contribution in [0.4, 0.5) is 5.82 Å². The molecule has 0 bridgehead atoms. The number of piperidine rings is 1. The lowest BCUT2D eigenvalue weighted by Crippen LogP contribution is -2.48.